The van der Waals surface area contributed by atoms with E-state index in [2.05, 4.69) is 161 Å². The molecular formula is C48H31N5OPt. The van der Waals surface area contributed by atoms with Crippen LogP contribution in [0.25, 0.3) is 82.8 Å². The molecule has 0 aliphatic carbocycles. The van der Waals surface area contributed by atoms with Crippen molar-refractivity contribution in [2.45, 2.75) is 13.8 Å². The van der Waals surface area contributed by atoms with Gasteiger partial charge in [0.25, 0.3) is 0 Å². The summed E-state index contributed by atoms with van der Waals surface area (Å²) >= 11 is 0. The zero-order chi connectivity index (χ0) is 35.9. The monoisotopic (exact) mass is 888 g/mol. The summed E-state index contributed by atoms with van der Waals surface area (Å²) in [7, 11) is 0. The van der Waals surface area contributed by atoms with Crippen molar-refractivity contribution in [2.75, 3.05) is 0 Å². The Morgan fingerprint density at radius 1 is 0.582 bits per heavy atom. The third-order valence-corrected chi connectivity index (χ3v) is 10.7. The number of para-hydroxylation sites is 3. The molecule has 264 valence electrons. The number of aryl methyl sites for hydroxylation is 2. The maximum atomic E-state index is 6.56. The molecule has 5 aromatic heterocycles. The molecule has 11 aromatic rings. The number of imidazole rings is 1. The van der Waals surface area contributed by atoms with E-state index in [1.807, 2.05) is 30.7 Å². The van der Waals surface area contributed by atoms with Gasteiger partial charge in [-0.1, -0.05) is 95.8 Å². The number of nitrogens with zero attached hydrogens (tertiary/aromatic N) is 5. The SMILES string of the molecule is Cc1cccc(C)c1-c1cc2ccc(Oc3[c-]c4c(cc3)c3ccccc3n4-c3cc4c(cn3)c3ccccc3n4-c3ccccc3)[c-]c2c2nccn12.[Pt+2]. The van der Waals surface area contributed by atoms with Crippen LogP contribution in [-0.2, 0) is 21.1 Å². The second kappa shape index (κ2) is 12.8. The molecule has 0 saturated carbocycles. The van der Waals surface area contributed by atoms with Crippen LogP contribution in [0.15, 0.2) is 152 Å². The number of fused-ring (bicyclic) bond motifs is 9. The second-order valence-electron chi connectivity index (χ2n) is 13.9. The molecule has 0 bridgehead atoms. The summed E-state index contributed by atoms with van der Waals surface area (Å²) in [6, 6.07) is 53.6. The summed E-state index contributed by atoms with van der Waals surface area (Å²) in [5.74, 6) is 1.99. The molecule has 0 amide bonds. The predicted octanol–water partition coefficient (Wildman–Crippen LogP) is 11.8. The van der Waals surface area contributed by atoms with Crippen LogP contribution in [0.5, 0.6) is 11.5 Å². The van der Waals surface area contributed by atoms with Crippen molar-refractivity contribution >= 4 is 60.0 Å². The Morgan fingerprint density at radius 3 is 2.07 bits per heavy atom. The zero-order valence-electron chi connectivity index (χ0n) is 29.9. The van der Waals surface area contributed by atoms with E-state index in [9.17, 15) is 0 Å². The molecule has 0 unspecified atom stereocenters. The average Bonchev–Trinajstić information content (AvgIpc) is 3.91. The van der Waals surface area contributed by atoms with Crippen molar-refractivity contribution in [2.24, 2.45) is 0 Å². The van der Waals surface area contributed by atoms with Crippen molar-refractivity contribution < 1.29 is 25.8 Å². The molecule has 6 nitrogen and oxygen atoms in total. The normalized spacial score (nSPS) is 11.7. The van der Waals surface area contributed by atoms with Gasteiger partial charge in [0.1, 0.15) is 5.82 Å². The van der Waals surface area contributed by atoms with E-state index in [0.717, 1.165) is 71.8 Å². The summed E-state index contributed by atoms with van der Waals surface area (Å²) in [6.07, 6.45) is 5.86. The molecule has 5 heterocycles. The van der Waals surface area contributed by atoms with E-state index >= 15 is 0 Å². The summed E-state index contributed by atoms with van der Waals surface area (Å²) in [4.78, 5) is 9.86. The molecule has 0 atom stereocenters. The number of hydrogen-bond donors (Lipinski definition) is 0. The molecule has 0 N–H and O–H groups in total. The Morgan fingerprint density at radius 2 is 1.27 bits per heavy atom. The van der Waals surface area contributed by atoms with Gasteiger partial charge in [0.2, 0.25) is 0 Å². The zero-order valence-corrected chi connectivity index (χ0v) is 32.2. The number of rotatable bonds is 5. The predicted molar refractivity (Wildman–Crippen MR) is 218 cm³/mol. The average molecular weight is 889 g/mol. The molecule has 7 heteroatoms. The largest absolute Gasteiger partial charge is 2.00 e. The maximum absolute atomic E-state index is 6.56. The van der Waals surface area contributed by atoms with E-state index in [1.54, 1.807) is 0 Å². The van der Waals surface area contributed by atoms with E-state index in [0.29, 0.717) is 11.5 Å². The van der Waals surface area contributed by atoms with Gasteiger partial charge in [-0.2, -0.15) is 6.07 Å². The molecule has 0 spiro atoms. The van der Waals surface area contributed by atoms with E-state index in [1.165, 1.54) is 22.1 Å². The van der Waals surface area contributed by atoms with Gasteiger partial charge in [0.15, 0.2) is 0 Å². The molecule has 11 rings (SSSR count). The molecule has 0 radical (unpaired) electrons. The number of benzene rings is 6. The smallest absolute Gasteiger partial charge is 0.503 e. The minimum absolute atomic E-state index is 0. The molecule has 0 saturated heterocycles. The van der Waals surface area contributed by atoms with Gasteiger partial charge >= 0.3 is 21.1 Å². The number of aromatic nitrogens is 5. The van der Waals surface area contributed by atoms with Crippen LogP contribution in [0.1, 0.15) is 11.1 Å². The van der Waals surface area contributed by atoms with Crippen molar-refractivity contribution in [1.82, 2.24) is 23.5 Å². The van der Waals surface area contributed by atoms with Gasteiger partial charge < -0.3 is 18.3 Å². The Labute approximate surface area is 331 Å². The maximum Gasteiger partial charge on any atom is 2.00 e. The molecule has 6 aromatic carbocycles. The van der Waals surface area contributed by atoms with Gasteiger partial charge in [0, 0.05) is 69.4 Å². The minimum Gasteiger partial charge on any atom is -0.503 e. The van der Waals surface area contributed by atoms with E-state index < -0.39 is 0 Å². The van der Waals surface area contributed by atoms with Gasteiger partial charge in [-0.05, 0) is 54.6 Å². The van der Waals surface area contributed by atoms with Crippen molar-refractivity contribution in [3.05, 3.63) is 175 Å². The number of pyridine rings is 2. The van der Waals surface area contributed by atoms with Crippen molar-refractivity contribution in [1.29, 1.82) is 0 Å². The van der Waals surface area contributed by atoms with Gasteiger partial charge in [0.05, 0.1) is 16.7 Å². The standard InChI is InChI=1S/C48H31N5O.Pt/c1-30-11-10-12-31(2)47(30)45-25-32-19-20-34(26-39(32)48-49-23-24-51(45)48)54-35-21-22-38-36-15-6-9-18-42(36)53(43(38)27-35)46-28-44-40(29-50-46)37-16-7-8-17-41(37)52(44)33-13-4-3-5-14-33;/h3-25,28-29H,1-2H3;/q-2;+2. The van der Waals surface area contributed by atoms with Crippen LogP contribution in [0, 0.1) is 26.0 Å². The first-order chi connectivity index (χ1) is 26.6. The van der Waals surface area contributed by atoms with Crippen LogP contribution in [-0.4, -0.2) is 23.5 Å². The molecule has 0 fully saturated rings. The van der Waals surface area contributed by atoms with Gasteiger partial charge in [-0.3, -0.25) is 4.98 Å². The fourth-order valence-electron chi connectivity index (χ4n) is 8.28. The molecule has 0 aliphatic heterocycles. The van der Waals surface area contributed by atoms with Crippen LogP contribution in [0.3, 0.4) is 0 Å². The first kappa shape index (κ1) is 33.1. The quantitative estimate of drug-likeness (QED) is 0.162. The fourth-order valence-corrected chi connectivity index (χ4v) is 8.28. The van der Waals surface area contributed by atoms with Gasteiger partial charge in [-0.15, -0.1) is 35.0 Å². The summed E-state index contributed by atoms with van der Waals surface area (Å²) in [5.41, 5.74) is 10.9. The van der Waals surface area contributed by atoms with Crippen LogP contribution >= 0.6 is 0 Å². The minimum atomic E-state index is 0. The number of hydrogen-bond acceptors (Lipinski definition) is 3. The van der Waals surface area contributed by atoms with Gasteiger partial charge in [-0.25, -0.2) is 4.98 Å². The third kappa shape index (κ3) is 5.13. The summed E-state index contributed by atoms with van der Waals surface area (Å²) in [5, 5.41) is 6.41. The van der Waals surface area contributed by atoms with Crippen LogP contribution in [0.2, 0.25) is 0 Å². The van der Waals surface area contributed by atoms with Crippen LogP contribution in [0.4, 0.5) is 0 Å². The van der Waals surface area contributed by atoms with Crippen LogP contribution < -0.4 is 4.74 Å². The summed E-state index contributed by atoms with van der Waals surface area (Å²) < 4.78 is 13.2. The Balaban J connectivity index is 0.00000372. The third-order valence-electron chi connectivity index (χ3n) is 10.7. The summed E-state index contributed by atoms with van der Waals surface area (Å²) in [6.45, 7) is 4.31. The topological polar surface area (TPSA) is 49.3 Å². The van der Waals surface area contributed by atoms with Crippen molar-refractivity contribution in [3.63, 3.8) is 0 Å². The fraction of sp³-hybridized carbons (Fsp3) is 0.0417. The Hall–Kier alpha value is -6.49. The molecule has 55 heavy (non-hydrogen) atoms. The first-order valence-corrected chi connectivity index (χ1v) is 18.1. The Kier molecular flexibility index (Phi) is 7.72. The van der Waals surface area contributed by atoms with E-state index in [4.69, 9.17) is 14.7 Å². The second-order valence-corrected chi connectivity index (χ2v) is 13.9. The molecular weight excluding hydrogens is 858 g/mol. The van der Waals surface area contributed by atoms with Crippen molar-refractivity contribution in [3.8, 4) is 34.3 Å². The number of ether oxygens (including phenoxy) is 1. The first-order valence-electron chi connectivity index (χ1n) is 18.1. The molecule has 0 aliphatic rings. The van der Waals surface area contributed by atoms with E-state index in [-0.39, 0.29) is 21.1 Å². The Bertz CT molecular complexity index is 3260.